The molecule has 0 saturated carbocycles. The van der Waals surface area contributed by atoms with Crippen molar-refractivity contribution < 1.29 is 9.53 Å². The topological polar surface area (TPSA) is 41.6 Å². The van der Waals surface area contributed by atoms with E-state index in [0.29, 0.717) is 0 Å². The molecule has 0 bridgehead atoms. The van der Waals surface area contributed by atoms with Crippen LogP contribution in [0.15, 0.2) is 84.9 Å². The molecule has 1 unspecified atom stereocenters. The molecule has 1 aliphatic rings. The van der Waals surface area contributed by atoms with Crippen molar-refractivity contribution in [2.45, 2.75) is 25.1 Å². The van der Waals surface area contributed by atoms with Gasteiger partial charge in [-0.25, -0.2) is 0 Å². The first-order chi connectivity index (χ1) is 14.8. The molecular formula is C26H28N2O2. The fourth-order valence-electron chi connectivity index (χ4n) is 4.06. The fourth-order valence-corrected chi connectivity index (χ4v) is 4.06. The minimum absolute atomic E-state index is 0.212. The van der Waals surface area contributed by atoms with E-state index >= 15 is 0 Å². The molecule has 1 aliphatic heterocycles. The quantitative estimate of drug-likeness (QED) is 0.586. The fraction of sp³-hybridized carbons (Fsp3) is 0.269. The summed E-state index contributed by atoms with van der Waals surface area (Å²) in [5.41, 5.74) is 3.70. The molecule has 4 heteroatoms. The van der Waals surface area contributed by atoms with Crippen LogP contribution in [-0.2, 0) is 17.6 Å². The van der Waals surface area contributed by atoms with Crippen molar-refractivity contribution in [2.24, 2.45) is 0 Å². The normalized spacial score (nSPS) is 17.9. The molecule has 0 aliphatic carbocycles. The molecule has 4 nitrogen and oxygen atoms in total. The lowest BCUT2D eigenvalue weighted by Gasteiger charge is -2.39. The van der Waals surface area contributed by atoms with E-state index in [-0.39, 0.29) is 6.04 Å². The number of ether oxygens (including phenoxy) is 1. The number of nitrogens with zero attached hydrogens (tertiary/aromatic N) is 1. The Morgan fingerprint density at radius 3 is 2.37 bits per heavy atom. The van der Waals surface area contributed by atoms with E-state index in [1.54, 1.807) is 0 Å². The minimum atomic E-state index is -0.590. The van der Waals surface area contributed by atoms with Gasteiger partial charge in [-0.1, -0.05) is 72.8 Å². The largest absolute Gasteiger partial charge is 0.468 e. The van der Waals surface area contributed by atoms with Gasteiger partial charge in [-0.3, -0.25) is 9.69 Å². The van der Waals surface area contributed by atoms with Crippen LogP contribution in [0.25, 0.3) is 0 Å². The number of aldehydes is 1. The molecule has 3 aromatic carbocycles. The average Bonchev–Trinajstić information content (AvgIpc) is 2.80. The van der Waals surface area contributed by atoms with Gasteiger partial charge in [-0.2, -0.15) is 0 Å². The SMILES string of the molecule is O=C[C@@H](Oc1cccc(Cc2ccccc2)c1)N1CCNCC1Cc1ccccc1. The molecule has 2 atom stereocenters. The van der Waals surface area contributed by atoms with Crippen molar-refractivity contribution in [2.75, 3.05) is 19.6 Å². The van der Waals surface area contributed by atoms with Crippen LogP contribution >= 0.6 is 0 Å². The van der Waals surface area contributed by atoms with Crippen LogP contribution in [0.2, 0.25) is 0 Å². The summed E-state index contributed by atoms with van der Waals surface area (Å²) in [5.74, 6) is 0.734. The van der Waals surface area contributed by atoms with Crippen molar-refractivity contribution in [3.8, 4) is 5.75 Å². The maximum atomic E-state index is 12.0. The van der Waals surface area contributed by atoms with E-state index in [4.69, 9.17) is 4.74 Å². The van der Waals surface area contributed by atoms with Crippen LogP contribution in [0, 0.1) is 0 Å². The van der Waals surface area contributed by atoms with Gasteiger partial charge in [0.05, 0.1) is 0 Å². The highest BCUT2D eigenvalue weighted by Crippen LogP contribution is 2.20. The van der Waals surface area contributed by atoms with Crippen LogP contribution in [0.5, 0.6) is 5.75 Å². The van der Waals surface area contributed by atoms with E-state index in [1.165, 1.54) is 16.7 Å². The Morgan fingerprint density at radius 2 is 1.63 bits per heavy atom. The summed E-state index contributed by atoms with van der Waals surface area (Å²) in [6.45, 7) is 2.48. The highest BCUT2D eigenvalue weighted by Gasteiger charge is 2.30. The summed E-state index contributed by atoms with van der Waals surface area (Å²) in [6.07, 6.45) is 2.06. The second-order valence-corrected chi connectivity index (χ2v) is 7.74. The lowest BCUT2D eigenvalue weighted by atomic mass is 10.0. The zero-order valence-electron chi connectivity index (χ0n) is 17.1. The van der Waals surface area contributed by atoms with Gasteiger partial charge in [-0.15, -0.1) is 0 Å². The Kier molecular flexibility index (Phi) is 6.91. The third-order valence-electron chi connectivity index (χ3n) is 5.56. The molecule has 0 radical (unpaired) electrons. The predicted molar refractivity (Wildman–Crippen MR) is 120 cm³/mol. The summed E-state index contributed by atoms with van der Waals surface area (Å²) >= 11 is 0. The van der Waals surface area contributed by atoms with Gasteiger partial charge < -0.3 is 10.1 Å². The first-order valence-electron chi connectivity index (χ1n) is 10.6. The summed E-state index contributed by atoms with van der Waals surface area (Å²) < 4.78 is 6.18. The van der Waals surface area contributed by atoms with Crippen molar-refractivity contribution in [3.05, 3.63) is 102 Å². The third-order valence-corrected chi connectivity index (χ3v) is 5.56. The van der Waals surface area contributed by atoms with Gasteiger partial charge in [0, 0.05) is 25.7 Å². The molecule has 154 valence electrons. The van der Waals surface area contributed by atoms with Crippen LogP contribution in [0.3, 0.4) is 0 Å². The van der Waals surface area contributed by atoms with Crippen molar-refractivity contribution in [1.29, 1.82) is 0 Å². The first-order valence-corrected chi connectivity index (χ1v) is 10.6. The van der Waals surface area contributed by atoms with Crippen molar-refractivity contribution in [3.63, 3.8) is 0 Å². The second kappa shape index (κ2) is 10.2. The van der Waals surface area contributed by atoms with E-state index in [9.17, 15) is 4.79 Å². The number of rotatable bonds is 8. The zero-order valence-corrected chi connectivity index (χ0v) is 17.1. The average molecular weight is 401 g/mol. The molecule has 0 spiro atoms. The molecule has 1 N–H and O–H groups in total. The lowest BCUT2D eigenvalue weighted by molar-refractivity contribution is -0.124. The molecule has 4 rings (SSSR count). The van der Waals surface area contributed by atoms with Crippen LogP contribution in [-0.4, -0.2) is 43.1 Å². The van der Waals surface area contributed by atoms with E-state index < -0.39 is 6.23 Å². The summed E-state index contributed by atoms with van der Waals surface area (Å²) in [6, 6.07) is 29.1. The lowest BCUT2D eigenvalue weighted by Crippen LogP contribution is -2.58. The standard InChI is InChI=1S/C26H28N2O2/c29-20-26(28-15-14-27-19-24(28)17-22-10-5-2-6-11-22)30-25-13-7-12-23(18-25)16-21-8-3-1-4-9-21/h1-13,18,20,24,26-27H,14-17,19H2/t24?,26-/m1/s1. The first kappa shape index (κ1) is 20.3. The Balaban J connectivity index is 1.46. The van der Waals surface area contributed by atoms with E-state index in [1.807, 2.05) is 30.3 Å². The number of carbonyl (C=O) groups is 1. The molecular weight excluding hydrogens is 372 g/mol. The predicted octanol–water partition coefficient (Wildman–Crippen LogP) is 3.70. The minimum Gasteiger partial charge on any atom is -0.468 e. The molecule has 0 amide bonds. The van der Waals surface area contributed by atoms with Crippen LogP contribution in [0.4, 0.5) is 0 Å². The molecule has 3 aromatic rings. The summed E-state index contributed by atoms with van der Waals surface area (Å²) in [4.78, 5) is 14.2. The van der Waals surface area contributed by atoms with Gasteiger partial charge in [0.15, 0.2) is 6.29 Å². The summed E-state index contributed by atoms with van der Waals surface area (Å²) in [5, 5.41) is 3.45. The van der Waals surface area contributed by atoms with E-state index in [2.05, 4.69) is 64.8 Å². The van der Waals surface area contributed by atoms with Gasteiger partial charge in [0.1, 0.15) is 5.75 Å². The molecule has 1 fully saturated rings. The van der Waals surface area contributed by atoms with Gasteiger partial charge in [-0.05, 0) is 41.7 Å². The Morgan fingerprint density at radius 1 is 0.933 bits per heavy atom. The number of hydrogen-bond donors (Lipinski definition) is 1. The van der Waals surface area contributed by atoms with Gasteiger partial charge >= 0.3 is 0 Å². The number of carbonyl (C=O) groups excluding carboxylic acids is 1. The van der Waals surface area contributed by atoms with Gasteiger partial charge in [0.25, 0.3) is 0 Å². The number of benzene rings is 3. The molecule has 1 saturated heterocycles. The van der Waals surface area contributed by atoms with Crippen LogP contribution < -0.4 is 10.1 Å². The number of piperazine rings is 1. The van der Waals surface area contributed by atoms with Crippen LogP contribution in [0.1, 0.15) is 16.7 Å². The van der Waals surface area contributed by atoms with Crippen molar-refractivity contribution >= 4 is 6.29 Å². The monoisotopic (exact) mass is 400 g/mol. The number of nitrogens with one attached hydrogen (secondary N) is 1. The Hall–Kier alpha value is -2.95. The molecule has 0 aromatic heterocycles. The zero-order chi connectivity index (χ0) is 20.6. The second-order valence-electron chi connectivity index (χ2n) is 7.74. The molecule has 30 heavy (non-hydrogen) atoms. The highest BCUT2D eigenvalue weighted by molar-refractivity contribution is 5.56. The Bertz CT molecular complexity index is 930. The van der Waals surface area contributed by atoms with Crippen molar-refractivity contribution in [1.82, 2.24) is 10.2 Å². The Labute approximate surface area is 178 Å². The maximum absolute atomic E-state index is 12.0. The smallest absolute Gasteiger partial charge is 0.209 e. The number of hydrogen-bond acceptors (Lipinski definition) is 4. The third kappa shape index (κ3) is 5.35. The van der Waals surface area contributed by atoms with Gasteiger partial charge in [0.2, 0.25) is 6.23 Å². The van der Waals surface area contributed by atoms with E-state index in [0.717, 1.165) is 44.5 Å². The highest BCUT2D eigenvalue weighted by atomic mass is 16.5. The summed E-state index contributed by atoms with van der Waals surface area (Å²) in [7, 11) is 0. The maximum Gasteiger partial charge on any atom is 0.209 e. The molecule has 1 heterocycles.